The van der Waals surface area contributed by atoms with Gasteiger partial charge < -0.3 is 0 Å². The highest BCUT2D eigenvalue weighted by Gasteiger charge is 2.17. The van der Waals surface area contributed by atoms with Crippen LogP contribution in [-0.2, 0) is 0 Å². The van der Waals surface area contributed by atoms with E-state index in [0.717, 1.165) is 16.4 Å². The van der Waals surface area contributed by atoms with Crippen LogP contribution < -0.4 is 0 Å². The fourth-order valence-corrected chi connectivity index (χ4v) is 3.47. The van der Waals surface area contributed by atoms with E-state index in [0.29, 0.717) is 5.41 Å². The molecule has 0 rings (SSSR count). The Hall–Kier alpha value is -0.170. The first-order chi connectivity index (χ1) is 9.28. The molecule has 0 saturated heterocycles. The van der Waals surface area contributed by atoms with E-state index in [-0.39, 0.29) is 0 Å². The van der Waals surface area contributed by atoms with Crippen LogP contribution in [0.2, 0.25) is 0 Å². The second-order valence-electron chi connectivity index (χ2n) is 7.11. The first-order valence-electron chi connectivity index (χ1n) is 8.26. The van der Waals surface area contributed by atoms with Gasteiger partial charge in [0.2, 0.25) is 0 Å². The van der Waals surface area contributed by atoms with Gasteiger partial charge in [0, 0.05) is 4.91 Å². The summed E-state index contributed by atoms with van der Waals surface area (Å²) >= 11 is 1.87. The topological polar surface area (TPSA) is 0 Å². The van der Waals surface area contributed by atoms with Crippen molar-refractivity contribution >= 4 is 11.8 Å². The van der Waals surface area contributed by atoms with Crippen molar-refractivity contribution in [2.75, 3.05) is 5.75 Å². The van der Waals surface area contributed by atoms with Gasteiger partial charge in [-0.3, -0.25) is 0 Å². The average Bonchev–Trinajstić information content (AvgIpc) is 2.35. The van der Waals surface area contributed by atoms with Gasteiger partial charge in [0.1, 0.15) is 0 Å². The van der Waals surface area contributed by atoms with Crippen molar-refractivity contribution in [3.05, 3.63) is 23.6 Å². The Bertz CT molecular complexity index is 288. The van der Waals surface area contributed by atoms with Crippen LogP contribution in [0.3, 0.4) is 0 Å². The number of unbranched alkanes of at least 4 members (excludes halogenated alkanes) is 1. The molecule has 0 aliphatic carbocycles. The summed E-state index contributed by atoms with van der Waals surface area (Å²) in [4.78, 5) is 1.15. The molecule has 0 N–H and O–H groups in total. The SMILES string of the molecule is C=C(C)C(=C)SCCC(C)(C)CCCC(C)CCCC. The molecular weight excluding hydrogens is 260 g/mol. The van der Waals surface area contributed by atoms with Crippen molar-refractivity contribution in [3.63, 3.8) is 0 Å². The Balaban J connectivity index is 3.78. The van der Waals surface area contributed by atoms with Crippen LogP contribution in [0.5, 0.6) is 0 Å². The number of thioether (sulfide) groups is 1. The van der Waals surface area contributed by atoms with Gasteiger partial charge in [0.25, 0.3) is 0 Å². The molecule has 0 aromatic heterocycles. The highest BCUT2D eigenvalue weighted by Crippen LogP contribution is 2.32. The maximum Gasteiger partial charge on any atom is 0.00233 e. The monoisotopic (exact) mass is 296 g/mol. The predicted octanol–water partition coefficient (Wildman–Crippen LogP) is 7.22. The normalized spacial score (nSPS) is 13.2. The third-order valence-corrected chi connectivity index (χ3v) is 5.24. The summed E-state index contributed by atoms with van der Waals surface area (Å²) in [6, 6.07) is 0. The second-order valence-corrected chi connectivity index (χ2v) is 8.30. The largest absolute Gasteiger partial charge is 0.127 e. The smallest absolute Gasteiger partial charge is 0.00233 e. The van der Waals surface area contributed by atoms with Crippen molar-refractivity contribution in [2.24, 2.45) is 11.3 Å². The van der Waals surface area contributed by atoms with Gasteiger partial charge in [0.05, 0.1) is 0 Å². The molecule has 0 radical (unpaired) electrons. The van der Waals surface area contributed by atoms with E-state index in [1.807, 2.05) is 18.7 Å². The molecule has 0 aromatic rings. The molecule has 0 bridgehead atoms. The van der Waals surface area contributed by atoms with Crippen molar-refractivity contribution in [1.29, 1.82) is 0 Å². The highest BCUT2D eigenvalue weighted by atomic mass is 32.2. The summed E-state index contributed by atoms with van der Waals surface area (Å²) in [5, 5.41) is 0. The summed E-state index contributed by atoms with van der Waals surface area (Å²) in [5.74, 6) is 2.08. The summed E-state index contributed by atoms with van der Waals surface area (Å²) < 4.78 is 0. The number of rotatable bonds is 12. The van der Waals surface area contributed by atoms with Gasteiger partial charge in [-0.15, -0.1) is 11.8 Å². The Morgan fingerprint density at radius 2 is 1.70 bits per heavy atom. The lowest BCUT2D eigenvalue weighted by Crippen LogP contribution is -2.13. The zero-order chi connectivity index (χ0) is 15.6. The Kier molecular flexibility index (Phi) is 10.5. The van der Waals surface area contributed by atoms with Crippen molar-refractivity contribution in [3.8, 4) is 0 Å². The number of allylic oxidation sites excluding steroid dienone is 1. The van der Waals surface area contributed by atoms with Gasteiger partial charge in [0.15, 0.2) is 0 Å². The fourth-order valence-electron chi connectivity index (χ4n) is 2.32. The van der Waals surface area contributed by atoms with E-state index in [1.54, 1.807) is 0 Å². The molecule has 0 nitrogen and oxygen atoms in total. The molecule has 0 aliphatic rings. The molecule has 0 fully saturated rings. The van der Waals surface area contributed by atoms with Crippen LogP contribution in [0.1, 0.15) is 79.6 Å². The molecule has 118 valence electrons. The van der Waals surface area contributed by atoms with E-state index in [9.17, 15) is 0 Å². The van der Waals surface area contributed by atoms with Crippen LogP contribution in [-0.4, -0.2) is 5.75 Å². The highest BCUT2D eigenvalue weighted by molar-refractivity contribution is 8.03. The van der Waals surface area contributed by atoms with Gasteiger partial charge in [-0.2, -0.15) is 0 Å². The minimum absolute atomic E-state index is 0.465. The third-order valence-electron chi connectivity index (χ3n) is 4.13. The van der Waals surface area contributed by atoms with Crippen LogP contribution in [0.25, 0.3) is 0 Å². The quantitative estimate of drug-likeness (QED) is 0.342. The molecule has 1 unspecified atom stereocenters. The maximum atomic E-state index is 4.05. The molecule has 1 heteroatoms. The van der Waals surface area contributed by atoms with Crippen LogP contribution in [0.15, 0.2) is 23.6 Å². The molecule has 0 aromatic carbocycles. The second kappa shape index (κ2) is 10.5. The van der Waals surface area contributed by atoms with Gasteiger partial charge >= 0.3 is 0 Å². The summed E-state index contributed by atoms with van der Waals surface area (Å²) in [5.41, 5.74) is 1.57. The molecule has 0 saturated carbocycles. The van der Waals surface area contributed by atoms with E-state index in [2.05, 4.69) is 40.9 Å². The average molecular weight is 297 g/mol. The number of hydrogen-bond acceptors (Lipinski definition) is 1. The van der Waals surface area contributed by atoms with Gasteiger partial charge in [-0.1, -0.05) is 73.0 Å². The number of hydrogen-bond donors (Lipinski definition) is 0. The lowest BCUT2D eigenvalue weighted by molar-refractivity contribution is 0.298. The van der Waals surface area contributed by atoms with E-state index in [4.69, 9.17) is 0 Å². The lowest BCUT2D eigenvalue weighted by atomic mass is 9.83. The first kappa shape index (κ1) is 19.8. The first-order valence-corrected chi connectivity index (χ1v) is 9.24. The van der Waals surface area contributed by atoms with E-state index < -0.39 is 0 Å². The van der Waals surface area contributed by atoms with Gasteiger partial charge in [-0.05, 0) is 42.4 Å². The van der Waals surface area contributed by atoms with E-state index in [1.165, 1.54) is 50.7 Å². The molecule has 20 heavy (non-hydrogen) atoms. The Morgan fingerprint density at radius 1 is 1.10 bits per heavy atom. The maximum absolute atomic E-state index is 4.05. The lowest BCUT2D eigenvalue weighted by Gasteiger charge is -2.25. The van der Waals surface area contributed by atoms with Crippen molar-refractivity contribution < 1.29 is 0 Å². The predicted molar refractivity (Wildman–Crippen MR) is 97.4 cm³/mol. The molecular formula is C19H36S. The van der Waals surface area contributed by atoms with Crippen molar-refractivity contribution in [2.45, 2.75) is 79.6 Å². The Morgan fingerprint density at radius 3 is 2.25 bits per heavy atom. The minimum Gasteiger partial charge on any atom is -0.127 e. The van der Waals surface area contributed by atoms with Crippen LogP contribution >= 0.6 is 11.8 Å². The molecule has 0 spiro atoms. The molecule has 1 atom stereocenters. The van der Waals surface area contributed by atoms with Gasteiger partial charge in [-0.25, -0.2) is 0 Å². The molecule has 0 aliphatic heterocycles. The Labute approximate surface area is 132 Å². The van der Waals surface area contributed by atoms with E-state index >= 15 is 0 Å². The zero-order valence-electron chi connectivity index (χ0n) is 14.6. The van der Waals surface area contributed by atoms with Crippen LogP contribution in [0.4, 0.5) is 0 Å². The minimum atomic E-state index is 0.465. The standard InChI is InChI=1S/C19H36S/c1-8-9-11-17(4)12-10-13-19(6,7)14-15-20-18(5)16(2)3/h17H,2,5,8-15H2,1,3-4,6-7H3. The fraction of sp³-hybridized carbons (Fsp3) is 0.789. The van der Waals surface area contributed by atoms with Crippen LogP contribution in [0, 0.1) is 11.3 Å². The molecule has 0 amide bonds. The third kappa shape index (κ3) is 10.6. The molecule has 0 heterocycles. The summed E-state index contributed by atoms with van der Waals surface area (Å²) in [7, 11) is 0. The zero-order valence-corrected chi connectivity index (χ0v) is 15.4. The summed E-state index contributed by atoms with van der Waals surface area (Å²) in [6.45, 7) is 19.6. The summed E-state index contributed by atoms with van der Waals surface area (Å²) in [6.07, 6.45) is 9.53. The van der Waals surface area contributed by atoms with Crippen molar-refractivity contribution in [1.82, 2.24) is 0 Å².